The van der Waals surface area contributed by atoms with Crippen molar-refractivity contribution in [3.63, 3.8) is 0 Å². The number of aromatic amines is 1. The first-order valence-electron chi connectivity index (χ1n) is 9.88. The average Bonchev–Trinajstić information content (AvgIpc) is 3.14. The molecule has 0 bridgehead atoms. The minimum Gasteiger partial charge on any atom is -0.348 e. The van der Waals surface area contributed by atoms with Gasteiger partial charge in [-0.3, -0.25) is 4.79 Å². The van der Waals surface area contributed by atoms with Gasteiger partial charge in [0, 0.05) is 18.6 Å². The van der Waals surface area contributed by atoms with Crippen molar-refractivity contribution >= 4 is 41.8 Å². The Morgan fingerprint density at radius 3 is 2.35 bits per heavy atom. The highest BCUT2D eigenvalue weighted by molar-refractivity contribution is 5.95. The number of hydrogen-bond acceptors (Lipinski definition) is 4. The molecule has 0 radical (unpaired) electrons. The Labute approximate surface area is 194 Å². The topological polar surface area (TPSA) is 110 Å². The van der Waals surface area contributed by atoms with E-state index in [4.69, 9.17) is 11.5 Å². The maximum Gasteiger partial charge on any atom is 0.287 e. The van der Waals surface area contributed by atoms with Gasteiger partial charge in [-0.25, -0.2) is 9.37 Å². The Morgan fingerprint density at radius 1 is 1.06 bits per heavy atom. The number of nitrogens with zero attached hydrogens (tertiary/aromatic N) is 1. The molecule has 0 saturated carbocycles. The third kappa shape index (κ3) is 7.18. The van der Waals surface area contributed by atoms with Crippen LogP contribution in [-0.4, -0.2) is 34.5 Å². The Kier molecular flexibility index (Phi) is 10.4. The summed E-state index contributed by atoms with van der Waals surface area (Å²) in [6, 6.07) is 11.9. The van der Waals surface area contributed by atoms with Crippen LogP contribution in [0.2, 0.25) is 0 Å². The Balaban J connectivity index is 0.00000240. The third-order valence-electron chi connectivity index (χ3n) is 5.13. The first-order valence-corrected chi connectivity index (χ1v) is 9.88. The summed E-state index contributed by atoms with van der Waals surface area (Å²) < 4.78 is 13.1. The molecule has 170 valence electrons. The van der Waals surface area contributed by atoms with Crippen molar-refractivity contribution in [2.75, 3.05) is 6.54 Å². The maximum atomic E-state index is 13.1. The van der Waals surface area contributed by atoms with Crippen molar-refractivity contribution in [3.05, 3.63) is 54.1 Å². The highest BCUT2D eigenvalue weighted by Gasteiger charge is 2.15. The van der Waals surface area contributed by atoms with Crippen molar-refractivity contribution in [1.29, 1.82) is 0 Å². The highest BCUT2D eigenvalue weighted by atomic mass is 35.5. The molecule has 0 aliphatic carbocycles. The molecule has 0 aliphatic rings. The predicted molar refractivity (Wildman–Crippen MR) is 128 cm³/mol. The number of hydrogen-bond donors (Lipinski definition) is 4. The second-order valence-corrected chi connectivity index (χ2v) is 7.78. The average molecular weight is 470 g/mol. The summed E-state index contributed by atoms with van der Waals surface area (Å²) in [5.74, 6) is 0.0716. The molecule has 0 saturated heterocycles. The first kappa shape index (κ1) is 26.8. The van der Waals surface area contributed by atoms with Crippen LogP contribution in [0.4, 0.5) is 4.39 Å². The van der Waals surface area contributed by atoms with Gasteiger partial charge in [0.15, 0.2) is 5.82 Å². The number of nitrogens with two attached hydrogens (primary N) is 2. The summed E-state index contributed by atoms with van der Waals surface area (Å²) in [6.07, 6.45) is 1.58. The summed E-state index contributed by atoms with van der Waals surface area (Å²) in [6.45, 7) is 4.53. The monoisotopic (exact) mass is 469 g/mol. The molecule has 0 fully saturated rings. The minimum absolute atomic E-state index is 0. The standard InChI is InChI=1S/C22H28FN5O.2ClH/c1-13(2)18(25)9-8-17(24)12-26-22(29)21-27-19-10-5-15(11-20(19)28-21)14-3-6-16(23)7-4-14;;/h3-7,10-11,13,17-18H,8-9,12,24-25H2,1-2H3,(H,26,29)(H,27,28);2*1H/t17-,18?;;/m0../s1. The molecular weight excluding hydrogens is 440 g/mol. The van der Waals surface area contributed by atoms with Crippen molar-refractivity contribution in [1.82, 2.24) is 15.3 Å². The van der Waals surface area contributed by atoms with Crippen LogP contribution in [0.15, 0.2) is 42.5 Å². The van der Waals surface area contributed by atoms with Crippen molar-refractivity contribution in [2.24, 2.45) is 17.4 Å². The number of halogens is 3. The fourth-order valence-corrected chi connectivity index (χ4v) is 3.09. The number of nitrogens with one attached hydrogen (secondary N) is 2. The number of carbonyl (C=O) groups excluding carboxylic acids is 1. The molecule has 1 aromatic heterocycles. The molecule has 6 N–H and O–H groups in total. The molecule has 2 atom stereocenters. The molecule has 31 heavy (non-hydrogen) atoms. The Morgan fingerprint density at radius 2 is 1.71 bits per heavy atom. The number of amides is 1. The lowest BCUT2D eigenvalue weighted by Gasteiger charge is -2.18. The molecule has 3 rings (SSSR count). The van der Waals surface area contributed by atoms with Crippen molar-refractivity contribution in [2.45, 2.75) is 38.8 Å². The lowest BCUT2D eigenvalue weighted by atomic mass is 9.98. The van der Waals surface area contributed by atoms with Gasteiger partial charge in [0.05, 0.1) is 11.0 Å². The molecule has 1 amide bonds. The van der Waals surface area contributed by atoms with E-state index in [0.717, 1.165) is 29.5 Å². The number of benzene rings is 2. The largest absolute Gasteiger partial charge is 0.348 e. The molecule has 0 aliphatic heterocycles. The predicted octanol–water partition coefficient (Wildman–Crippen LogP) is 4.03. The van der Waals surface area contributed by atoms with Gasteiger partial charge in [0.1, 0.15) is 5.82 Å². The number of rotatable bonds is 8. The number of fused-ring (bicyclic) bond motifs is 1. The zero-order chi connectivity index (χ0) is 21.0. The summed E-state index contributed by atoms with van der Waals surface area (Å²) in [5, 5.41) is 2.82. The molecule has 9 heteroatoms. The summed E-state index contributed by atoms with van der Waals surface area (Å²) in [5.41, 5.74) is 15.4. The normalized spacial score (nSPS) is 12.7. The molecule has 6 nitrogen and oxygen atoms in total. The number of imidazole rings is 1. The SMILES string of the molecule is CC(C)C(N)CC[C@H](N)CNC(=O)c1nc2ccc(-c3ccc(F)cc3)cc2[nH]1.Cl.Cl. The molecule has 1 heterocycles. The summed E-state index contributed by atoms with van der Waals surface area (Å²) >= 11 is 0. The molecule has 3 aromatic rings. The van der Waals surface area contributed by atoms with Crippen LogP contribution in [0.25, 0.3) is 22.2 Å². The van der Waals surface area contributed by atoms with E-state index in [1.807, 2.05) is 18.2 Å². The van der Waals surface area contributed by atoms with Gasteiger partial charge in [-0.1, -0.05) is 32.0 Å². The Hall–Kier alpha value is -2.19. The number of carbonyl (C=O) groups is 1. The van der Waals surface area contributed by atoms with E-state index in [1.165, 1.54) is 12.1 Å². The van der Waals surface area contributed by atoms with Gasteiger partial charge >= 0.3 is 0 Å². The lowest BCUT2D eigenvalue weighted by Crippen LogP contribution is -2.39. The van der Waals surface area contributed by atoms with Crippen LogP contribution in [-0.2, 0) is 0 Å². The fourth-order valence-electron chi connectivity index (χ4n) is 3.09. The van der Waals surface area contributed by atoms with Gasteiger partial charge in [0.25, 0.3) is 5.91 Å². The van der Waals surface area contributed by atoms with Gasteiger partial charge in [-0.05, 0) is 54.2 Å². The van der Waals surface area contributed by atoms with Crippen molar-refractivity contribution in [3.8, 4) is 11.1 Å². The second-order valence-electron chi connectivity index (χ2n) is 7.78. The number of aromatic nitrogens is 2. The third-order valence-corrected chi connectivity index (χ3v) is 5.13. The van der Waals surface area contributed by atoms with E-state index in [9.17, 15) is 9.18 Å². The quantitative estimate of drug-likeness (QED) is 0.398. The maximum absolute atomic E-state index is 13.1. The van der Waals surface area contributed by atoms with Crippen LogP contribution in [0, 0.1) is 11.7 Å². The smallest absolute Gasteiger partial charge is 0.287 e. The van der Waals surface area contributed by atoms with E-state index in [2.05, 4.69) is 29.1 Å². The van der Waals surface area contributed by atoms with Crippen LogP contribution in [0.1, 0.15) is 37.3 Å². The molecule has 1 unspecified atom stereocenters. The number of H-pyrrole nitrogens is 1. The van der Waals surface area contributed by atoms with Crippen LogP contribution in [0.3, 0.4) is 0 Å². The van der Waals surface area contributed by atoms with Crippen molar-refractivity contribution < 1.29 is 9.18 Å². The van der Waals surface area contributed by atoms with E-state index >= 15 is 0 Å². The van der Waals surface area contributed by atoms with Gasteiger partial charge in [0.2, 0.25) is 0 Å². The zero-order valence-electron chi connectivity index (χ0n) is 17.6. The van der Waals surface area contributed by atoms with Gasteiger partial charge in [-0.15, -0.1) is 24.8 Å². The van der Waals surface area contributed by atoms with Gasteiger partial charge < -0.3 is 21.8 Å². The first-order chi connectivity index (χ1) is 13.8. The van der Waals surface area contributed by atoms with Crippen LogP contribution < -0.4 is 16.8 Å². The van der Waals surface area contributed by atoms with Crippen LogP contribution >= 0.6 is 24.8 Å². The molecule has 0 spiro atoms. The summed E-state index contributed by atoms with van der Waals surface area (Å²) in [7, 11) is 0. The minimum atomic E-state index is -0.298. The summed E-state index contributed by atoms with van der Waals surface area (Å²) in [4.78, 5) is 19.8. The van der Waals surface area contributed by atoms with E-state index < -0.39 is 0 Å². The highest BCUT2D eigenvalue weighted by Crippen LogP contribution is 2.23. The van der Waals surface area contributed by atoms with E-state index in [-0.39, 0.29) is 54.4 Å². The van der Waals surface area contributed by atoms with E-state index in [0.29, 0.717) is 18.0 Å². The molecule has 2 aromatic carbocycles. The zero-order valence-corrected chi connectivity index (χ0v) is 19.2. The van der Waals surface area contributed by atoms with E-state index in [1.54, 1.807) is 12.1 Å². The lowest BCUT2D eigenvalue weighted by molar-refractivity contribution is 0.0941. The van der Waals surface area contributed by atoms with Crippen LogP contribution in [0.5, 0.6) is 0 Å². The van der Waals surface area contributed by atoms with Gasteiger partial charge in [-0.2, -0.15) is 0 Å². The second kappa shape index (κ2) is 12.0. The fraction of sp³-hybridized carbons (Fsp3) is 0.364. The Bertz CT molecular complexity index is 978. The molecular formula is C22H30Cl2FN5O.